The van der Waals surface area contributed by atoms with Crippen molar-refractivity contribution in [3.05, 3.63) is 64.6 Å². The van der Waals surface area contributed by atoms with Crippen LogP contribution in [-0.2, 0) is 0 Å². The van der Waals surface area contributed by atoms with Gasteiger partial charge in [-0.15, -0.1) is 0 Å². The second-order valence-electron chi connectivity index (χ2n) is 5.63. The zero-order valence-corrected chi connectivity index (χ0v) is 14.5. The lowest BCUT2D eigenvalue weighted by molar-refractivity contribution is 0.222. The van der Waals surface area contributed by atoms with Gasteiger partial charge >= 0.3 is 0 Å². The molecule has 2 aromatic rings. The van der Waals surface area contributed by atoms with E-state index in [4.69, 9.17) is 4.74 Å². The molecule has 120 valence electrons. The smallest absolute Gasteiger partial charge is 0.119 e. The number of halogens is 1. The SMILES string of the molecule is Oc1ccc(C2=CCN(CCOc3ccc(Br)cc3)CC2)cc1. The molecule has 0 bridgehead atoms. The molecule has 1 N–H and O–H groups in total. The molecule has 3 rings (SSSR count). The van der Waals surface area contributed by atoms with Crippen molar-refractivity contribution < 1.29 is 9.84 Å². The molecule has 0 saturated carbocycles. The molecule has 1 aliphatic rings. The molecule has 3 nitrogen and oxygen atoms in total. The number of hydrogen-bond acceptors (Lipinski definition) is 3. The molecule has 0 amide bonds. The summed E-state index contributed by atoms with van der Waals surface area (Å²) in [5.41, 5.74) is 2.56. The quantitative estimate of drug-likeness (QED) is 0.846. The highest BCUT2D eigenvalue weighted by Gasteiger charge is 2.12. The molecule has 23 heavy (non-hydrogen) atoms. The molecule has 1 aliphatic heterocycles. The minimum atomic E-state index is 0.317. The Morgan fingerprint density at radius 2 is 1.78 bits per heavy atom. The molecule has 0 fully saturated rings. The predicted molar refractivity (Wildman–Crippen MR) is 96.8 cm³/mol. The van der Waals surface area contributed by atoms with Crippen LogP contribution in [0.4, 0.5) is 0 Å². The van der Waals surface area contributed by atoms with Gasteiger partial charge in [-0.25, -0.2) is 0 Å². The zero-order valence-electron chi connectivity index (χ0n) is 12.9. The maximum absolute atomic E-state index is 9.36. The van der Waals surface area contributed by atoms with E-state index in [0.29, 0.717) is 12.4 Å². The van der Waals surface area contributed by atoms with Gasteiger partial charge in [0.05, 0.1) is 0 Å². The Morgan fingerprint density at radius 1 is 1.04 bits per heavy atom. The fraction of sp³-hybridized carbons (Fsp3) is 0.263. The van der Waals surface area contributed by atoms with E-state index in [0.717, 1.165) is 36.3 Å². The summed E-state index contributed by atoms with van der Waals surface area (Å²) in [6.07, 6.45) is 3.30. The van der Waals surface area contributed by atoms with E-state index in [9.17, 15) is 5.11 Å². The van der Waals surface area contributed by atoms with E-state index < -0.39 is 0 Å². The van der Waals surface area contributed by atoms with Crippen molar-refractivity contribution in [2.75, 3.05) is 26.2 Å². The number of phenolic OH excluding ortho intramolecular Hbond substituents is 1. The third-order valence-corrected chi connectivity index (χ3v) is 4.55. The van der Waals surface area contributed by atoms with Crippen LogP contribution in [0.1, 0.15) is 12.0 Å². The summed E-state index contributed by atoms with van der Waals surface area (Å²) in [6.45, 7) is 3.61. The fourth-order valence-electron chi connectivity index (χ4n) is 2.68. The van der Waals surface area contributed by atoms with Crippen molar-refractivity contribution in [3.63, 3.8) is 0 Å². The van der Waals surface area contributed by atoms with E-state index in [1.165, 1.54) is 11.1 Å². The first-order valence-corrected chi connectivity index (χ1v) is 8.59. The summed E-state index contributed by atoms with van der Waals surface area (Å²) in [5.74, 6) is 1.22. The van der Waals surface area contributed by atoms with Crippen LogP contribution in [0.2, 0.25) is 0 Å². The van der Waals surface area contributed by atoms with E-state index >= 15 is 0 Å². The average Bonchev–Trinajstić information content (AvgIpc) is 2.58. The highest BCUT2D eigenvalue weighted by molar-refractivity contribution is 9.10. The van der Waals surface area contributed by atoms with Crippen molar-refractivity contribution in [2.45, 2.75) is 6.42 Å². The number of benzene rings is 2. The summed E-state index contributed by atoms with van der Waals surface area (Å²) >= 11 is 3.42. The van der Waals surface area contributed by atoms with Crippen molar-refractivity contribution in [3.8, 4) is 11.5 Å². The van der Waals surface area contributed by atoms with E-state index in [2.05, 4.69) is 26.9 Å². The Morgan fingerprint density at radius 3 is 2.43 bits per heavy atom. The number of rotatable bonds is 5. The van der Waals surface area contributed by atoms with Crippen molar-refractivity contribution >= 4 is 21.5 Å². The van der Waals surface area contributed by atoms with Crippen LogP contribution in [0.25, 0.3) is 5.57 Å². The topological polar surface area (TPSA) is 32.7 Å². The highest BCUT2D eigenvalue weighted by atomic mass is 79.9. The second-order valence-corrected chi connectivity index (χ2v) is 6.54. The van der Waals surface area contributed by atoms with E-state index in [-0.39, 0.29) is 0 Å². The molecule has 0 saturated heterocycles. The first-order chi connectivity index (χ1) is 11.2. The number of aromatic hydroxyl groups is 1. The molecular formula is C19H20BrNO2. The van der Waals surface area contributed by atoms with E-state index in [1.54, 1.807) is 12.1 Å². The molecule has 0 atom stereocenters. The van der Waals surface area contributed by atoms with Crippen LogP contribution < -0.4 is 4.74 Å². The molecule has 0 aliphatic carbocycles. The number of ether oxygens (including phenoxy) is 1. The lowest BCUT2D eigenvalue weighted by Gasteiger charge is -2.26. The third kappa shape index (κ3) is 4.60. The Bertz CT molecular complexity index is 665. The number of phenols is 1. The largest absolute Gasteiger partial charge is 0.508 e. The molecule has 0 aromatic heterocycles. The third-order valence-electron chi connectivity index (χ3n) is 4.02. The van der Waals surface area contributed by atoms with Gasteiger partial charge in [0, 0.05) is 24.1 Å². The Balaban J connectivity index is 1.47. The van der Waals surface area contributed by atoms with Crippen LogP contribution in [0, 0.1) is 0 Å². The molecule has 4 heteroatoms. The number of hydrogen-bond donors (Lipinski definition) is 1. The van der Waals surface area contributed by atoms with Gasteiger partial charge in [-0.3, -0.25) is 4.90 Å². The maximum Gasteiger partial charge on any atom is 0.119 e. The Kier molecular flexibility index (Phi) is 5.36. The van der Waals surface area contributed by atoms with Gasteiger partial charge in [0.25, 0.3) is 0 Å². The second kappa shape index (κ2) is 7.66. The molecule has 0 unspecified atom stereocenters. The lowest BCUT2D eigenvalue weighted by atomic mass is 9.99. The van der Waals surface area contributed by atoms with Crippen LogP contribution in [0.15, 0.2) is 59.1 Å². The van der Waals surface area contributed by atoms with Gasteiger partial charge < -0.3 is 9.84 Å². The van der Waals surface area contributed by atoms with E-state index in [1.807, 2.05) is 36.4 Å². The monoisotopic (exact) mass is 373 g/mol. The zero-order chi connectivity index (χ0) is 16.1. The van der Waals surface area contributed by atoms with Crippen molar-refractivity contribution in [1.82, 2.24) is 4.90 Å². The lowest BCUT2D eigenvalue weighted by Crippen LogP contribution is -2.32. The fourth-order valence-corrected chi connectivity index (χ4v) is 2.94. The minimum Gasteiger partial charge on any atom is -0.508 e. The van der Waals surface area contributed by atoms with Crippen molar-refractivity contribution in [2.24, 2.45) is 0 Å². The summed E-state index contributed by atoms with van der Waals surface area (Å²) in [7, 11) is 0. The first kappa shape index (κ1) is 16.1. The first-order valence-electron chi connectivity index (χ1n) is 7.80. The van der Waals surface area contributed by atoms with Gasteiger partial charge in [-0.1, -0.05) is 34.1 Å². The average molecular weight is 374 g/mol. The molecule has 0 radical (unpaired) electrons. The van der Waals surface area contributed by atoms with Crippen molar-refractivity contribution in [1.29, 1.82) is 0 Å². The van der Waals surface area contributed by atoms with Crippen LogP contribution in [-0.4, -0.2) is 36.2 Å². The normalized spacial score (nSPS) is 15.3. The van der Waals surface area contributed by atoms with Gasteiger partial charge in [-0.2, -0.15) is 0 Å². The summed E-state index contributed by atoms with van der Waals surface area (Å²) < 4.78 is 6.84. The molecule has 1 heterocycles. The van der Waals surface area contributed by atoms with Crippen LogP contribution in [0.3, 0.4) is 0 Å². The maximum atomic E-state index is 9.36. The van der Waals surface area contributed by atoms with Gasteiger partial charge in [0.15, 0.2) is 0 Å². The summed E-state index contributed by atoms with van der Waals surface area (Å²) in [6, 6.07) is 15.4. The van der Waals surface area contributed by atoms with Gasteiger partial charge in [0.2, 0.25) is 0 Å². The molecule has 0 spiro atoms. The molecular weight excluding hydrogens is 354 g/mol. The summed E-state index contributed by atoms with van der Waals surface area (Å²) in [5, 5.41) is 9.36. The van der Waals surface area contributed by atoms with Gasteiger partial charge in [0.1, 0.15) is 18.1 Å². The Hall–Kier alpha value is -1.78. The standard InChI is InChI=1S/C19H20BrNO2/c20-17-3-7-19(8-4-17)23-14-13-21-11-9-16(10-12-21)15-1-5-18(22)6-2-15/h1-9,22H,10-14H2. The highest BCUT2D eigenvalue weighted by Crippen LogP contribution is 2.24. The Labute approximate surface area is 145 Å². The van der Waals surface area contributed by atoms with Gasteiger partial charge in [-0.05, 0) is 54.0 Å². The van der Waals surface area contributed by atoms with Crippen LogP contribution in [0.5, 0.6) is 11.5 Å². The summed E-state index contributed by atoms with van der Waals surface area (Å²) in [4.78, 5) is 2.39. The molecule has 2 aromatic carbocycles. The predicted octanol–water partition coefficient (Wildman–Crippen LogP) is 4.32. The minimum absolute atomic E-state index is 0.317. The van der Waals surface area contributed by atoms with Crippen LogP contribution >= 0.6 is 15.9 Å². The number of nitrogens with zero attached hydrogens (tertiary/aromatic N) is 1.